The van der Waals surface area contributed by atoms with E-state index >= 15 is 0 Å². The number of unbranched alkanes of at least 4 members (excludes halogenated alkanes) is 8. The third kappa shape index (κ3) is 13.9. The molecule has 1 aromatic rings. The van der Waals surface area contributed by atoms with Gasteiger partial charge in [-0.25, -0.2) is 14.0 Å². The van der Waals surface area contributed by atoms with E-state index in [0.29, 0.717) is 31.2 Å². The summed E-state index contributed by atoms with van der Waals surface area (Å²) < 4.78 is 14.0. The highest BCUT2D eigenvalue weighted by atomic mass is 19.1. The van der Waals surface area contributed by atoms with E-state index in [-0.39, 0.29) is 12.2 Å². The summed E-state index contributed by atoms with van der Waals surface area (Å²) in [5.74, 6) is -8.11. The molecule has 0 spiro atoms. The number of allylic oxidation sites excluding steroid dienone is 1. The lowest BCUT2D eigenvalue weighted by Crippen LogP contribution is -2.55. The summed E-state index contributed by atoms with van der Waals surface area (Å²) in [7, 11) is 0. The Morgan fingerprint density at radius 3 is 2.00 bits per heavy atom. The molecule has 1 aromatic carbocycles. The van der Waals surface area contributed by atoms with Crippen LogP contribution >= 0.6 is 0 Å². The molecule has 0 aromatic heterocycles. The van der Waals surface area contributed by atoms with Gasteiger partial charge in [-0.05, 0) is 43.4 Å². The molecule has 0 heterocycles. The van der Waals surface area contributed by atoms with Crippen LogP contribution in [0.25, 0.3) is 0 Å². The lowest BCUT2D eigenvalue weighted by molar-refractivity contribution is -0.172. The van der Waals surface area contributed by atoms with Gasteiger partial charge >= 0.3 is 17.9 Å². The largest absolute Gasteiger partial charge is 0.508 e. The number of nitrogens with one attached hydrogen (secondary N) is 1. The number of phenolic OH excluding ortho intramolecular Hbond substituents is 1. The zero-order valence-electron chi connectivity index (χ0n) is 24.3. The second kappa shape index (κ2) is 19.6. The van der Waals surface area contributed by atoms with Crippen molar-refractivity contribution in [3.8, 4) is 5.75 Å². The second-order valence-electron chi connectivity index (χ2n) is 10.8. The lowest BCUT2D eigenvalue weighted by Gasteiger charge is -2.29. The minimum Gasteiger partial charge on any atom is -0.508 e. The number of halogens is 1. The number of phenols is 1. The molecular weight excluding hydrogens is 549 g/mol. The van der Waals surface area contributed by atoms with Crippen LogP contribution in [0.1, 0.15) is 96.0 Å². The maximum atomic E-state index is 14.0. The summed E-state index contributed by atoms with van der Waals surface area (Å²) in [5, 5.41) is 50.9. The van der Waals surface area contributed by atoms with Crippen LogP contribution < -0.4 is 5.32 Å². The highest BCUT2D eigenvalue weighted by Crippen LogP contribution is 2.26. The zero-order valence-corrected chi connectivity index (χ0v) is 24.3. The Hall–Kier alpha value is -3.47. The fourth-order valence-electron chi connectivity index (χ4n) is 4.67. The number of hydrogen-bond donors (Lipinski definition) is 6. The SMILES string of the molecule is CCCCCCCC(F)CCCCCC/C=C/[C@H](C(=O)N[C@@H](Cc1ccc(O)cc1)C(=O)O)[C@@](O)(CC(=O)O)C(=O)O. The van der Waals surface area contributed by atoms with Crippen molar-refractivity contribution < 1.29 is 49.1 Å². The van der Waals surface area contributed by atoms with E-state index in [1.165, 1.54) is 36.8 Å². The topological polar surface area (TPSA) is 181 Å². The molecule has 0 radical (unpaired) electrons. The molecule has 1 unspecified atom stereocenters. The summed E-state index contributed by atoms with van der Waals surface area (Å²) in [6.45, 7) is 2.14. The number of aliphatic carboxylic acids is 3. The molecule has 0 aliphatic rings. The summed E-state index contributed by atoms with van der Waals surface area (Å²) in [5.41, 5.74) is -2.57. The first kappa shape index (κ1) is 36.6. The molecule has 236 valence electrons. The molecule has 11 heteroatoms. The summed E-state index contributed by atoms with van der Waals surface area (Å²) >= 11 is 0. The summed E-state index contributed by atoms with van der Waals surface area (Å²) in [6, 6.07) is 4.06. The van der Waals surface area contributed by atoms with Gasteiger partial charge in [-0.3, -0.25) is 9.59 Å². The van der Waals surface area contributed by atoms with Gasteiger partial charge in [0.2, 0.25) is 5.91 Å². The zero-order chi connectivity index (χ0) is 31.5. The lowest BCUT2D eigenvalue weighted by atomic mass is 9.82. The van der Waals surface area contributed by atoms with Gasteiger partial charge in [0.05, 0.1) is 12.3 Å². The first-order valence-electron chi connectivity index (χ1n) is 14.7. The molecule has 0 saturated heterocycles. The monoisotopic (exact) mass is 595 g/mol. The molecule has 1 rings (SSSR count). The van der Waals surface area contributed by atoms with E-state index in [1.54, 1.807) is 0 Å². The van der Waals surface area contributed by atoms with E-state index in [4.69, 9.17) is 0 Å². The Morgan fingerprint density at radius 2 is 1.48 bits per heavy atom. The van der Waals surface area contributed by atoms with Crippen LogP contribution in [0.5, 0.6) is 5.75 Å². The van der Waals surface area contributed by atoms with E-state index in [0.717, 1.165) is 51.0 Å². The van der Waals surface area contributed by atoms with E-state index < -0.39 is 54.0 Å². The van der Waals surface area contributed by atoms with Gasteiger partial charge in [0.15, 0.2) is 5.60 Å². The van der Waals surface area contributed by atoms with Gasteiger partial charge in [0.25, 0.3) is 0 Å². The van der Waals surface area contributed by atoms with Gasteiger partial charge in [-0.1, -0.05) is 82.6 Å². The van der Waals surface area contributed by atoms with Gasteiger partial charge < -0.3 is 30.8 Å². The minimum atomic E-state index is -3.03. The molecule has 0 fully saturated rings. The first-order chi connectivity index (χ1) is 19.9. The quantitative estimate of drug-likeness (QED) is 0.0749. The van der Waals surface area contributed by atoms with Crippen molar-refractivity contribution in [3.63, 3.8) is 0 Å². The first-order valence-corrected chi connectivity index (χ1v) is 14.7. The fourth-order valence-corrected chi connectivity index (χ4v) is 4.67. The minimum absolute atomic E-state index is 0.0418. The number of amides is 1. The predicted octanol–water partition coefficient (Wildman–Crippen LogP) is 5.01. The Kier molecular flexibility index (Phi) is 17.1. The Labute approximate surface area is 246 Å². The maximum absolute atomic E-state index is 14.0. The van der Waals surface area contributed by atoms with Crippen molar-refractivity contribution in [2.45, 2.75) is 115 Å². The van der Waals surface area contributed by atoms with Gasteiger partial charge in [0, 0.05) is 6.42 Å². The highest BCUT2D eigenvalue weighted by Gasteiger charge is 2.49. The Bertz CT molecular complexity index is 1010. The summed E-state index contributed by atoms with van der Waals surface area (Å²) in [6.07, 6.45) is 10.1. The highest BCUT2D eigenvalue weighted by molar-refractivity contribution is 5.94. The molecule has 42 heavy (non-hydrogen) atoms. The van der Waals surface area contributed by atoms with Crippen LogP contribution in [0.15, 0.2) is 36.4 Å². The third-order valence-electron chi connectivity index (χ3n) is 7.17. The maximum Gasteiger partial charge on any atom is 0.337 e. The van der Waals surface area contributed by atoms with E-state index in [1.807, 2.05) is 0 Å². The number of carbonyl (C=O) groups excluding carboxylic acids is 1. The molecule has 0 saturated carbocycles. The number of benzene rings is 1. The smallest absolute Gasteiger partial charge is 0.337 e. The fraction of sp³-hybridized carbons (Fsp3) is 0.613. The molecular formula is C31H46FNO9. The van der Waals surface area contributed by atoms with Crippen molar-refractivity contribution >= 4 is 23.8 Å². The Balaban J connectivity index is 2.77. The number of aromatic hydroxyl groups is 1. The van der Waals surface area contributed by atoms with Gasteiger partial charge in [-0.15, -0.1) is 0 Å². The normalized spacial score (nSPS) is 15.0. The molecule has 6 N–H and O–H groups in total. The molecule has 10 nitrogen and oxygen atoms in total. The Morgan fingerprint density at radius 1 is 0.905 bits per heavy atom. The van der Waals surface area contributed by atoms with Gasteiger partial charge in [-0.2, -0.15) is 0 Å². The number of carboxylic acid groups (broad SMARTS) is 3. The number of carboxylic acids is 3. The van der Waals surface area contributed by atoms with E-state index in [9.17, 15) is 49.1 Å². The molecule has 0 aliphatic heterocycles. The number of rotatable bonds is 23. The van der Waals surface area contributed by atoms with Crippen LogP contribution in [0, 0.1) is 5.92 Å². The average molecular weight is 596 g/mol. The second-order valence-corrected chi connectivity index (χ2v) is 10.8. The third-order valence-corrected chi connectivity index (χ3v) is 7.17. The number of hydrogen-bond acceptors (Lipinski definition) is 6. The molecule has 1 amide bonds. The molecule has 0 aliphatic carbocycles. The van der Waals surface area contributed by atoms with Crippen LogP contribution in [0.3, 0.4) is 0 Å². The van der Waals surface area contributed by atoms with Crippen LogP contribution in [-0.2, 0) is 25.6 Å². The van der Waals surface area contributed by atoms with Crippen molar-refractivity contribution in [2.75, 3.05) is 0 Å². The van der Waals surface area contributed by atoms with Crippen LogP contribution in [0.4, 0.5) is 4.39 Å². The predicted molar refractivity (Wildman–Crippen MR) is 155 cm³/mol. The number of carbonyl (C=O) groups is 4. The van der Waals surface area contributed by atoms with Crippen LogP contribution in [0.2, 0.25) is 0 Å². The van der Waals surface area contributed by atoms with Gasteiger partial charge in [0.1, 0.15) is 18.0 Å². The molecule has 0 bridgehead atoms. The van der Waals surface area contributed by atoms with Crippen LogP contribution in [-0.4, -0.2) is 67.2 Å². The van der Waals surface area contributed by atoms with Crippen molar-refractivity contribution in [1.29, 1.82) is 0 Å². The number of alkyl halides is 1. The molecule has 4 atom stereocenters. The van der Waals surface area contributed by atoms with Crippen molar-refractivity contribution in [2.24, 2.45) is 5.92 Å². The number of aliphatic hydroxyl groups is 1. The van der Waals surface area contributed by atoms with Crippen molar-refractivity contribution in [1.82, 2.24) is 5.32 Å². The van der Waals surface area contributed by atoms with Crippen molar-refractivity contribution in [3.05, 3.63) is 42.0 Å². The summed E-state index contributed by atoms with van der Waals surface area (Å²) in [4.78, 5) is 48.2. The standard InChI is InChI=1S/C31H46FNO9/c1-2-3-4-7-10-13-23(32)14-11-8-5-6-9-12-15-25(31(42,30(40)41)21-27(35)36)28(37)33-26(29(38)39)20-22-16-18-24(34)19-17-22/h12,15-19,23,25-26,34,42H,2-11,13-14,20-21H2,1H3,(H,33,37)(H,35,36)(H,38,39)(H,40,41)/b15-12+/t23?,25-,26+,31+/m1/s1. The van der Waals surface area contributed by atoms with E-state index in [2.05, 4.69) is 12.2 Å². The average Bonchev–Trinajstić information content (AvgIpc) is 2.92.